The van der Waals surface area contributed by atoms with E-state index >= 15 is 0 Å². The Labute approximate surface area is 125 Å². The Morgan fingerprint density at radius 1 is 1.20 bits per heavy atom. The molecule has 1 atom stereocenters. The minimum atomic E-state index is -0.377. The van der Waals surface area contributed by atoms with Crippen LogP contribution < -0.4 is 11.3 Å². The van der Waals surface area contributed by atoms with Gasteiger partial charge in [-0.3, -0.25) is 11.3 Å². The number of benzene rings is 2. The van der Waals surface area contributed by atoms with Gasteiger partial charge in [0.05, 0.1) is 6.04 Å². The van der Waals surface area contributed by atoms with E-state index in [1.807, 2.05) is 13.0 Å². The topological polar surface area (TPSA) is 38.0 Å². The highest BCUT2D eigenvalue weighted by atomic mass is 79.9. The van der Waals surface area contributed by atoms with Crippen molar-refractivity contribution in [2.24, 2.45) is 5.84 Å². The molecule has 20 heavy (non-hydrogen) atoms. The molecule has 106 valence electrons. The van der Waals surface area contributed by atoms with Crippen LogP contribution in [0, 0.1) is 18.6 Å². The van der Waals surface area contributed by atoms with Gasteiger partial charge < -0.3 is 0 Å². The summed E-state index contributed by atoms with van der Waals surface area (Å²) >= 11 is 3.31. The van der Waals surface area contributed by atoms with E-state index in [-0.39, 0.29) is 17.7 Å². The predicted octanol–water partition coefficient (Wildman–Crippen LogP) is 3.78. The second-order valence-corrected chi connectivity index (χ2v) is 5.54. The predicted molar refractivity (Wildman–Crippen MR) is 79.0 cm³/mol. The zero-order chi connectivity index (χ0) is 14.7. The number of hydrogen-bond acceptors (Lipinski definition) is 2. The molecule has 2 nitrogen and oxygen atoms in total. The molecule has 2 rings (SSSR count). The number of nitrogens with two attached hydrogens (primary N) is 1. The minimum Gasteiger partial charge on any atom is -0.271 e. The number of hydrogen-bond donors (Lipinski definition) is 2. The fourth-order valence-electron chi connectivity index (χ4n) is 2.08. The zero-order valence-electron chi connectivity index (χ0n) is 11.0. The van der Waals surface area contributed by atoms with Gasteiger partial charge in [0.2, 0.25) is 0 Å². The standard InChI is InChI=1S/C15H15BrF2N2/c1-9-2-5-12(14(18)6-9)15(20-19)7-10-3-4-11(17)8-13(10)16/h2-6,8,15,20H,7,19H2,1H3. The van der Waals surface area contributed by atoms with E-state index in [9.17, 15) is 8.78 Å². The molecule has 1 unspecified atom stereocenters. The second-order valence-electron chi connectivity index (χ2n) is 4.68. The maximum atomic E-state index is 14.0. The first-order valence-electron chi connectivity index (χ1n) is 6.17. The average molecular weight is 341 g/mol. The van der Waals surface area contributed by atoms with Crippen molar-refractivity contribution in [1.29, 1.82) is 0 Å². The van der Waals surface area contributed by atoms with Gasteiger partial charge in [0.15, 0.2) is 0 Å². The Kier molecular flexibility index (Phi) is 4.86. The summed E-state index contributed by atoms with van der Waals surface area (Å²) < 4.78 is 27.7. The molecule has 0 saturated heterocycles. The zero-order valence-corrected chi connectivity index (χ0v) is 12.5. The summed E-state index contributed by atoms with van der Waals surface area (Å²) in [6.45, 7) is 1.83. The van der Waals surface area contributed by atoms with E-state index in [1.165, 1.54) is 18.2 Å². The molecule has 0 aliphatic carbocycles. The van der Waals surface area contributed by atoms with E-state index in [0.717, 1.165) is 11.1 Å². The van der Waals surface area contributed by atoms with Crippen LogP contribution >= 0.6 is 15.9 Å². The Morgan fingerprint density at radius 3 is 2.55 bits per heavy atom. The maximum absolute atomic E-state index is 14.0. The van der Waals surface area contributed by atoms with Crippen molar-refractivity contribution in [2.75, 3.05) is 0 Å². The summed E-state index contributed by atoms with van der Waals surface area (Å²) in [4.78, 5) is 0. The van der Waals surface area contributed by atoms with E-state index in [2.05, 4.69) is 21.4 Å². The fraction of sp³-hybridized carbons (Fsp3) is 0.200. The molecule has 0 radical (unpaired) electrons. The van der Waals surface area contributed by atoms with Crippen molar-refractivity contribution in [1.82, 2.24) is 5.43 Å². The third-order valence-electron chi connectivity index (χ3n) is 3.17. The average Bonchev–Trinajstić information content (AvgIpc) is 2.39. The smallest absolute Gasteiger partial charge is 0.128 e. The van der Waals surface area contributed by atoms with Gasteiger partial charge in [0, 0.05) is 10.0 Å². The Bertz CT molecular complexity index is 617. The molecule has 0 aliphatic rings. The number of halogens is 3. The highest BCUT2D eigenvalue weighted by Gasteiger charge is 2.16. The molecule has 2 aromatic rings. The van der Waals surface area contributed by atoms with Crippen LogP contribution in [-0.2, 0) is 6.42 Å². The number of aryl methyl sites for hydroxylation is 1. The molecular formula is C15H15BrF2N2. The molecule has 5 heteroatoms. The SMILES string of the molecule is Cc1ccc(C(Cc2ccc(F)cc2Br)NN)c(F)c1. The number of nitrogens with one attached hydrogen (secondary N) is 1. The summed E-state index contributed by atoms with van der Waals surface area (Å²) in [7, 11) is 0. The molecule has 0 saturated carbocycles. The van der Waals surface area contributed by atoms with Crippen LogP contribution in [0.2, 0.25) is 0 Å². The molecular weight excluding hydrogens is 326 g/mol. The maximum Gasteiger partial charge on any atom is 0.128 e. The Balaban J connectivity index is 2.28. The van der Waals surface area contributed by atoms with Crippen molar-refractivity contribution in [3.63, 3.8) is 0 Å². The Morgan fingerprint density at radius 2 is 1.95 bits per heavy atom. The van der Waals surface area contributed by atoms with Crippen molar-refractivity contribution in [3.05, 3.63) is 69.2 Å². The van der Waals surface area contributed by atoms with Crippen LogP contribution in [-0.4, -0.2) is 0 Å². The fourth-order valence-corrected chi connectivity index (χ4v) is 2.59. The van der Waals surface area contributed by atoms with Crippen LogP contribution in [0.25, 0.3) is 0 Å². The normalized spacial score (nSPS) is 12.4. The van der Waals surface area contributed by atoms with Gasteiger partial charge in [0.25, 0.3) is 0 Å². The highest BCUT2D eigenvalue weighted by Crippen LogP contribution is 2.26. The summed E-state index contributed by atoms with van der Waals surface area (Å²) in [6, 6.07) is 9.06. The van der Waals surface area contributed by atoms with Gasteiger partial charge in [-0.15, -0.1) is 0 Å². The van der Waals surface area contributed by atoms with E-state index in [4.69, 9.17) is 5.84 Å². The third-order valence-corrected chi connectivity index (χ3v) is 3.91. The lowest BCUT2D eigenvalue weighted by molar-refractivity contribution is 0.509. The second kappa shape index (κ2) is 6.43. The van der Waals surface area contributed by atoms with E-state index < -0.39 is 0 Å². The molecule has 0 heterocycles. The van der Waals surface area contributed by atoms with Crippen molar-refractivity contribution < 1.29 is 8.78 Å². The van der Waals surface area contributed by atoms with Crippen LogP contribution in [0.1, 0.15) is 22.7 Å². The van der Waals surface area contributed by atoms with Crippen LogP contribution in [0.4, 0.5) is 8.78 Å². The molecule has 0 aliphatic heterocycles. The van der Waals surface area contributed by atoms with Gasteiger partial charge in [-0.25, -0.2) is 8.78 Å². The van der Waals surface area contributed by atoms with E-state index in [1.54, 1.807) is 12.1 Å². The third kappa shape index (κ3) is 3.42. The Hall–Kier alpha value is -1.30. The summed E-state index contributed by atoms with van der Waals surface area (Å²) in [5.74, 6) is 4.91. The quantitative estimate of drug-likeness (QED) is 0.656. The van der Waals surface area contributed by atoms with Crippen LogP contribution in [0.3, 0.4) is 0 Å². The molecule has 0 fully saturated rings. The summed E-state index contributed by atoms with van der Waals surface area (Å²) in [5, 5.41) is 0. The molecule has 0 amide bonds. The molecule has 2 aromatic carbocycles. The van der Waals surface area contributed by atoms with Gasteiger partial charge in [-0.1, -0.05) is 34.1 Å². The minimum absolute atomic E-state index is 0.300. The van der Waals surface area contributed by atoms with Crippen LogP contribution in [0.5, 0.6) is 0 Å². The number of hydrazine groups is 1. The summed E-state index contributed by atoms with van der Waals surface area (Å²) in [5.41, 5.74) is 4.82. The number of rotatable bonds is 4. The largest absolute Gasteiger partial charge is 0.271 e. The first-order valence-corrected chi connectivity index (χ1v) is 6.96. The monoisotopic (exact) mass is 340 g/mol. The lowest BCUT2D eigenvalue weighted by Crippen LogP contribution is -2.30. The van der Waals surface area contributed by atoms with Gasteiger partial charge in [-0.2, -0.15) is 0 Å². The first kappa shape index (κ1) is 15.1. The van der Waals surface area contributed by atoms with Crippen molar-refractivity contribution in [3.8, 4) is 0 Å². The van der Waals surface area contributed by atoms with E-state index in [0.29, 0.717) is 16.5 Å². The lowest BCUT2D eigenvalue weighted by Gasteiger charge is -2.18. The molecule has 0 bridgehead atoms. The van der Waals surface area contributed by atoms with Crippen LogP contribution in [0.15, 0.2) is 40.9 Å². The van der Waals surface area contributed by atoms with Gasteiger partial charge >= 0.3 is 0 Å². The highest BCUT2D eigenvalue weighted by molar-refractivity contribution is 9.10. The molecule has 0 spiro atoms. The van der Waals surface area contributed by atoms with Crippen molar-refractivity contribution in [2.45, 2.75) is 19.4 Å². The first-order chi connectivity index (χ1) is 9.51. The molecule has 3 N–H and O–H groups in total. The molecule has 0 aromatic heterocycles. The van der Waals surface area contributed by atoms with Gasteiger partial charge in [-0.05, 0) is 42.7 Å². The lowest BCUT2D eigenvalue weighted by atomic mass is 9.98. The van der Waals surface area contributed by atoms with Crippen molar-refractivity contribution >= 4 is 15.9 Å². The summed E-state index contributed by atoms with van der Waals surface area (Å²) in [6.07, 6.45) is 0.456. The van der Waals surface area contributed by atoms with Gasteiger partial charge in [0.1, 0.15) is 11.6 Å².